The Balaban J connectivity index is 0.00000392. The van der Waals surface area contributed by atoms with Crippen LogP contribution in [0.4, 0.5) is 5.69 Å². The summed E-state index contributed by atoms with van der Waals surface area (Å²) in [6, 6.07) is 10.0. The number of fused-ring (bicyclic) bond motifs is 1. The summed E-state index contributed by atoms with van der Waals surface area (Å²) in [6.07, 6.45) is 2.14. The van der Waals surface area contributed by atoms with Crippen LogP contribution in [0.25, 0.3) is 10.8 Å². The first-order valence-electron chi connectivity index (χ1n) is 9.10. The number of carbonyl (C=O) groups is 2. The number of unbranched alkanes of at least 4 members (excludes halogenated alkanes) is 1. The van der Waals surface area contributed by atoms with Crippen molar-refractivity contribution in [3.8, 4) is 5.75 Å². The van der Waals surface area contributed by atoms with Gasteiger partial charge in [0.2, 0.25) is 11.8 Å². The molecule has 0 unspecified atom stereocenters. The van der Waals surface area contributed by atoms with E-state index < -0.39 is 12.1 Å². The zero-order valence-electron chi connectivity index (χ0n) is 16.6. The fourth-order valence-corrected chi connectivity index (χ4v) is 2.79. The van der Waals surface area contributed by atoms with Crippen LogP contribution >= 0.6 is 24.8 Å². The van der Waals surface area contributed by atoms with Crippen LogP contribution in [0.3, 0.4) is 0 Å². The molecule has 2 aromatic rings. The fourth-order valence-electron chi connectivity index (χ4n) is 2.79. The van der Waals surface area contributed by atoms with Crippen molar-refractivity contribution in [1.82, 2.24) is 5.32 Å². The van der Waals surface area contributed by atoms with Gasteiger partial charge in [0.25, 0.3) is 0 Å². The van der Waals surface area contributed by atoms with Crippen LogP contribution in [0.2, 0.25) is 0 Å². The van der Waals surface area contributed by atoms with Gasteiger partial charge in [-0.2, -0.15) is 0 Å². The molecular formula is C20H30Cl2N4O3. The number of halogens is 2. The average molecular weight is 445 g/mol. The van der Waals surface area contributed by atoms with Crippen LogP contribution in [-0.2, 0) is 9.59 Å². The lowest BCUT2D eigenvalue weighted by Gasteiger charge is -2.18. The number of amides is 2. The summed E-state index contributed by atoms with van der Waals surface area (Å²) >= 11 is 0. The van der Waals surface area contributed by atoms with Crippen LogP contribution < -0.4 is 26.8 Å². The molecule has 29 heavy (non-hydrogen) atoms. The standard InChI is InChI=1S/C20H28N4O3.2ClH/c1-13(23-20(26)17(22)9-5-6-10-21)19(25)24-15-11-14-7-3-4-8-16(14)18(12-15)27-2;;/h3-4,7-8,11-13,17H,5-6,9-10,21-22H2,1-2H3,(H,23,26)(H,24,25);2*1H/t13-,17-;;/m0../s1. The zero-order chi connectivity index (χ0) is 19.8. The third-order valence-electron chi connectivity index (χ3n) is 4.37. The van der Waals surface area contributed by atoms with Crippen molar-refractivity contribution < 1.29 is 14.3 Å². The minimum absolute atomic E-state index is 0. The molecule has 0 spiro atoms. The van der Waals surface area contributed by atoms with Crippen LogP contribution in [-0.4, -0.2) is 37.6 Å². The maximum Gasteiger partial charge on any atom is 0.246 e. The Hall–Kier alpha value is -2.06. The number of carbonyl (C=O) groups excluding carboxylic acids is 2. The monoisotopic (exact) mass is 444 g/mol. The second-order valence-electron chi connectivity index (χ2n) is 6.51. The first-order valence-corrected chi connectivity index (χ1v) is 9.10. The molecule has 0 aromatic heterocycles. The molecule has 2 aromatic carbocycles. The van der Waals surface area contributed by atoms with Gasteiger partial charge in [0, 0.05) is 17.1 Å². The summed E-state index contributed by atoms with van der Waals surface area (Å²) in [7, 11) is 1.59. The highest BCUT2D eigenvalue weighted by atomic mass is 35.5. The summed E-state index contributed by atoms with van der Waals surface area (Å²) in [6.45, 7) is 2.19. The Labute approximate surface area is 183 Å². The largest absolute Gasteiger partial charge is 0.496 e. The van der Waals surface area contributed by atoms with E-state index in [0.717, 1.165) is 23.6 Å². The molecule has 0 aliphatic rings. The number of rotatable bonds is 9. The SMILES string of the molecule is COc1cc(NC(=O)[C@H](C)NC(=O)[C@@H](N)CCCCN)cc2ccccc12.Cl.Cl. The summed E-state index contributed by atoms with van der Waals surface area (Å²) in [5, 5.41) is 7.38. The Bertz CT molecular complexity index is 804. The zero-order valence-corrected chi connectivity index (χ0v) is 18.3. The van der Waals surface area contributed by atoms with Gasteiger partial charge in [-0.15, -0.1) is 24.8 Å². The Morgan fingerprint density at radius 1 is 1.10 bits per heavy atom. The van der Waals surface area contributed by atoms with Crippen molar-refractivity contribution in [1.29, 1.82) is 0 Å². The van der Waals surface area contributed by atoms with E-state index in [1.54, 1.807) is 20.1 Å². The lowest BCUT2D eigenvalue weighted by Crippen LogP contribution is -2.48. The number of hydrogen-bond acceptors (Lipinski definition) is 5. The number of nitrogens with one attached hydrogen (secondary N) is 2. The smallest absolute Gasteiger partial charge is 0.246 e. The van der Waals surface area contributed by atoms with E-state index >= 15 is 0 Å². The van der Waals surface area contributed by atoms with Crippen molar-refractivity contribution in [2.45, 2.75) is 38.3 Å². The average Bonchev–Trinajstić information content (AvgIpc) is 2.67. The van der Waals surface area contributed by atoms with Gasteiger partial charge in [0.15, 0.2) is 0 Å². The van der Waals surface area contributed by atoms with E-state index in [9.17, 15) is 9.59 Å². The lowest BCUT2D eigenvalue weighted by atomic mass is 10.1. The number of nitrogens with two attached hydrogens (primary N) is 2. The molecule has 6 N–H and O–H groups in total. The lowest BCUT2D eigenvalue weighted by molar-refractivity contribution is -0.127. The van der Waals surface area contributed by atoms with Gasteiger partial charge in [-0.3, -0.25) is 9.59 Å². The highest BCUT2D eigenvalue weighted by Gasteiger charge is 2.20. The Morgan fingerprint density at radius 3 is 2.45 bits per heavy atom. The van der Waals surface area contributed by atoms with E-state index in [1.807, 2.05) is 30.3 Å². The maximum atomic E-state index is 12.4. The van der Waals surface area contributed by atoms with Gasteiger partial charge in [-0.05, 0) is 37.8 Å². The fraction of sp³-hybridized carbons (Fsp3) is 0.400. The quantitative estimate of drug-likeness (QED) is 0.443. The molecule has 9 heteroatoms. The van der Waals surface area contributed by atoms with Gasteiger partial charge in [0.05, 0.1) is 13.2 Å². The van der Waals surface area contributed by atoms with Crippen molar-refractivity contribution in [3.63, 3.8) is 0 Å². The van der Waals surface area contributed by atoms with Crippen LogP contribution in [0.5, 0.6) is 5.75 Å². The molecule has 0 fully saturated rings. The van der Waals surface area contributed by atoms with Gasteiger partial charge in [-0.1, -0.05) is 30.7 Å². The van der Waals surface area contributed by atoms with Crippen molar-refractivity contribution in [2.24, 2.45) is 11.5 Å². The second-order valence-corrected chi connectivity index (χ2v) is 6.51. The number of benzene rings is 2. The number of hydrogen-bond donors (Lipinski definition) is 4. The molecule has 162 valence electrons. The molecule has 0 heterocycles. The molecule has 0 radical (unpaired) electrons. The molecule has 2 rings (SSSR count). The van der Waals surface area contributed by atoms with E-state index in [1.165, 1.54) is 0 Å². The van der Waals surface area contributed by atoms with Crippen LogP contribution in [0.1, 0.15) is 26.2 Å². The van der Waals surface area contributed by atoms with Crippen LogP contribution in [0, 0.1) is 0 Å². The van der Waals surface area contributed by atoms with E-state index in [4.69, 9.17) is 16.2 Å². The highest BCUT2D eigenvalue weighted by Crippen LogP contribution is 2.29. The molecule has 2 atom stereocenters. The Morgan fingerprint density at radius 2 is 1.79 bits per heavy atom. The number of anilines is 1. The van der Waals surface area contributed by atoms with Gasteiger partial charge >= 0.3 is 0 Å². The van der Waals surface area contributed by atoms with Gasteiger partial charge in [0.1, 0.15) is 11.8 Å². The minimum atomic E-state index is -0.712. The molecule has 0 saturated heterocycles. The maximum absolute atomic E-state index is 12.4. The first-order chi connectivity index (χ1) is 13.0. The van der Waals surface area contributed by atoms with E-state index in [2.05, 4.69) is 10.6 Å². The molecule has 0 aliphatic carbocycles. The van der Waals surface area contributed by atoms with Crippen LogP contribution in [0.15, 0.2) is 36.4 Å². The second kappa shape index (κ2) is 13.2. The topological polar surface area (TPSA) is 119 Å². The summed E-state index contributed by atoms with van der Waals surface area (Å²) in [5.74, 6) is 0.00243. The van der Waals surface area contributed by atoms with E-state index in [-0.39, 0.29) is 36.6 Å². The number of ether oxygens (including phenoxy) is 1. The number of methoxy groups -OCH3 is 1. The van der Waals surface area contributed by atoms with Crippen molar-refractivity contribution in [2.75, 3.05) is 19.0 Å². The highest BCUT2D eigenvalue weighted by molar-refractivity contribution is 6.00. The molecular weight excluding hydrogens is 415 g/mol. The van der Waals surface area contributed by atoms with E-state index in [0.29, 0.717) is 24.4 Å². The third-order valence-corrected chi connectivity index (χ3v) is 4.37. The normalized spacial score (nSPS) is 12.1. The predicted octanol–water partition coefficient (Wildman–Crippen LogP) is 2.59. The summed E-state index contributed by atoms with van der Waals surface area (Å²) in [5.41, 5.74) is 11.9. The van der Waals surface area contributed by atoms with Crippen molar-refractivity contribution >= 4 is 53.1 Å². The molecule has 0 saturated carbocycles. The minimum Gasteiger partial charge on any atom is -0.496 e. The Kier molecular flexibility index (Phi) is 12.3. The van der Waals surface area contributed by atoms with Gasteiger partial charge in [-0.25, -0.2) is 0 Å². The molecule has 0 bridgehead atoms. The molecule has 0 aliphatic heterocycles. The molecule has 2 amide bonds. The predicted molar refractivity (Wildman–Crippen MR) is 122 cm³/mol. The first kappa shape index (κ1) is 26.9. The van der Waals surface area contributed by atoms with Gasteiger partial charge < -0.3 is 26.8 Å². The molecule has 7 nitrogen and oxygen atoms in total. The summed E-state index contributed by atoms with van der Waals surface area (Å²) < 4.78 is 5.41. The third kappa shape index (κ3) is 7.70. The van der Waals surface area contributed by atoms with Crippen molar-refractivity contribution in [3.05, 3.63) is 36.4 Å². The summed E-state index contributed by atoms with van der Waals surface area (Å²) in [4.78, 5) is 24.6.